The number of hydrogen-bond acceptors (Lipinski definition) is 6. The molecular weight excluding hydrogens is 412 g/mol. The van der Waals surface area contributed by atoms with Crippen LogP contribution in [0.25, 0.3) is 17.0 Å². The number of amides is 1. The average molecular weight is 438 g/mol. The van der Waals surface area contributed by atoms with Gasteiger partial charge in [-0.15, -0.1) is 0 Å². The van der Waals surface area contributed by atoms with Gasteiger partial charge in [-0.1, -0.05) is 6.07 Å². The number of aromatic nitrogens is 1. The third kappa shape index (κ3) is 5.03. The topological polar surface area (TPSA) is 98.9 Å². The fourth-order valence-electron chi connectivity index (χ4n) is 3.33. The maximum Gasteiger partial charge on any atom is 0.251 e. The number of ether oxygens (including phenoxy) is 4. The summed E-state index contributed by atoms with van der Waals surface area (Å²) in [6.45, 7) is 0.302. The molecule has 8 nitrogen and oxygen atoms in total. The van der Waals surface area contributed by atoms with Gasteiger partial charge in [0, 0.05) is 23.6 Å². The number of aromatic amines is 1. The molecule has 0 unspecified atom stereocenters. The average Bonchev–Trinajstić information content (AvgIpc) is 2.82. The number of benzene rings is 2. The normalized spacial score (nSPS) is 10.9. The van der Waals surface area contributed by atoms with Crippen LogP contribution in [-0.4, -0.2) is 45.9 Å². The van der Waals surface area contributed by atoms with E-state index in [1.165, 1.54) is 6.08 Å². The Labute approximate surface area is 185 Å². The summed E-state index contributed by atoms with van der Waals surface area (Å²) in [6, 6.07) is 10.7. The number of pyridine rings is 1. The predicted octanol–water partition coefficient (Wildman–Crippen LogP) is 2.93. The Hall–Kier alpha value is -3.94. The maximum atomic E-state index is 12.5. The van der Waals surface area contributed by atoms with E-state index in [2.05, 4.69) is 10.3 Å². The van der Waals surface area contributed by atoms with Gasteiger partial charge in [0.2, 0.25) is 5.91 Å². The monoisotopic (exact) mass is 438 g/mol. The summed E-state index contributed by atoms with van der Waals surface area (Å²) in [5.74, 6) is 2.11. The molecule has 32 heavy (non-hydrogen) atoms. The van der Waals surface area contributed by atoms with Crippen LogP contribution in [0.5, 0.6) is 23.0 Å². The molecule has 1 heterocycles. The molecule has 2 N–H and O–H groups in total. The molecule has 2 aromatic carbocycles. The quantitative estimate of drug-likeness (QED) is 0.499. The number of hydrogen-bond donors (Lipinski definition) is 2. The number of carbonyl (C=O) groups excluding carboxylic acids is 1. The molecule has 3 rings (SSSR count). The zero-order valence-electron chi connectivity index (χ0n) is 18.5. The minimum atomic E-state index is -0.267. The van der Waals surface area contributed by atoms with Crippen LogP contribution in [0.4, 0.5) is 0 Å². The summed E-state index contributed by atoms with van der Waals surface area (Å²) in [6.07, 6.45) is 3.47. The lowest BCUT2D eigenvalue weighted by Crippen LogP contribution is -2.25. The molecule has 0 radical (unpaired) electrons. The van der Waals surface area contributed by atoms with Crippen LogP contribution < -0.4 is 29.8 Å². The second-order valence-corrected chi connectivity index (χ2v) is 6.87. The van der Waals surface area contributed by atoms with Crippen molar-refractivity contribution in [1.29, 1.82) is 0 Å². The third-order valence-corrected chi connectivity index (χ3v) is 4.98. The van der Waals surface area contributed by atoms with E-state index in [0.717, 1.165) is 10.9 Å². The Kier molecular flexibility index (Phi) is 7.38. The van der Waals surface area contributed by atoms with Crippen molar-refractivity contribution < 1.29 is 23.7 Å². The van der Waals surface area contributed by atoms with Crippen molar-refractivity contribution in [2.24, 2.45) is 0 Å². The van der Waals surface area contributed by atoms with Crippen LogP contribution in [0.3, 0.4) is 0 Å². The predicted molar refractivity (Wildman–Crippen MR) is 123 cm³/mol. The first-order chi connectivity index (χ1) is 15.5. The summed E-state index contributed by atoms with van der Waals surface area (Å²) < 4.78 is 21.2. The first-order valence-electron chi connectivity index (χ1n) is 9.95. The molecule has 0 aliphatic rings. The minimum absolute atomic E-state index is 0.237. The van der Waals surface area contributed by atoms with Gasteiger partial charge >= 0.3 is 0 Å². The lowest BCUT2D eigenvalue weighted by Gasteiger charge is -2.11. The number of H-pyrrole nitrogens is 1. The highest BCUT2D eigenvalue weighted by atomic mass is 16.5. The molecule has 168 valence electrons. The first kappa shape index (κ1) is 22.7. The maximum absolute atomic E-state index is 12.5. The number of rotatable bonds is 9. The molecule has 0 bridgehead atoms. The fourth-order valence-corrected chi connectivity index (χ4v) is 3.33. The van der Waals surface area contributed by atoms with E-state index >= 15 is 0 Å². The highest BCUT2D eigenvalue weighted by molar-refractivity contribution is 5.92. The Morgan fingerprint density at radius 2 is 1.56 bits per heavy atom. The van der Waals surface area contributed by atoms with Crippen LogP contribution in [0, 0.1) is 0 Å². The van der Waals surface area contributed by atoms with Crippen LogP contribution >= 0.6 is 0 Å². The zero-order chi connectivity index (χ0) is 23.1. The van der Waals surface area contributed by atoms with Crippen LogP contribution in [0.1, 0.15) is 11.1 Å². The van der Waals surface area contributed by atoms with Gasteiger partial charge in [-0.25, -0.2) is 0 Å². The molecule has 0 aliphatic heterocycles. The van der Waals surface area contributed by atoms with E-state index in [4.69, 9.17) is 18.9 Å². The SMILES string of the molecule is COc1ccc(C=CC(=O)NCCc2cc3c(OC)ccc(OC)c3[nH]c2=O)cc1OC. The van der Waals surface area contributed by atoms with E-state index in [9.17, 15) is 9.59 Å². The van der Waals surface area contributed by atoms with Crippen LogP contribution in [0.15, 0.2) is 47.3 Å². The standard InChI is InChI=1S/C24H26N2O6/c1-29-18-8-9-20(31-3)23-17(18)14-16(24(28)26-23)11-12-25-22(27)10-6-15-5-7-19(30-2)21(13-15)32-4/h5-10,13-14H,11-12H2,1-4H3,(H,25,27)(H,26,28). The van der Waals surface area contributed by atoms with Crippen LogP contribution in [0.2, 0.25) is 0 Å². The summed E-state index contributed by atoms with van der Waals surface area (Å²) in [4.78, 5) is 27.5. The summed E-state index contributed by atoms with van der Waals surface area (Å²) in [5.41, 5.74) is 1.67. The number of nitrogens with one attached hydrogen (secondary N) is 2. The lowest BCUT2D eigenvalue weighted by atomic mass is 10.1. The van der Waals surface area contributed by atoms with Crippen molar-refractivity contribution in [2.75, 3.05) is 35.0 Å². The van der Waals surface area contributed by atoms with Crippen molar-refractivity contribution in [3.05, 3.63) is 64.0 Å². The van der Waals surface area contributed by atoms with Gasteiger partial charge in [-0.3, -0.25) is 9.59 Å². The van der Waals surface area contributed by atoms with Gasteiger partial charge in [0.05, 0.1) is 34.0 Å². The van der Waals surface area contributed by atoms with Gasteiger partial charge in [-0.2, -0.15) is 0 Å². The van der Waals surface area contributed by atoms with Crippen molar-refractivity contribution >= 4 is 22.9 Å². The highest BCUT2D eigenvalue weighted by Gasteiger charge is 2.11. The van der Waals surface area contributed by atoms with E-state index in [0.29, 0.717) is 47.0 Å². The largest absolute Gasteiger partial charge is 0.496 e. The van der Waals surface area contributed by atoms with Gasteiger partial charge in [-0.05, 0) is 48.4 Å². The molecule has 0 saturated carbocycles. The molecule has 8 heteroatoms. The van der Waals surface area contributed by atoms with Crippen molar-refractivity contribution in [3.8, 4) is 23.0 Å². The smallest absolute Gasteiger partial charge is 0.251 e. The van der Waals surface area contributed by atoms with Crippen LogP contribution in [-0.2, 0) is 11.2 Å². The van der Waals surface area contributed by atoms with E-state index < -0.39 is 0 Å². The van der Waals surface area contributed by atoms with Crippen molar-refractivity contribution in [2.45, 2.75) is 6.42 Å². The molecule has 0 aliphatic carbocycles. The first-order valence-corrected chi connectivity index (χ1v) is 9.95. The molecule has 3 aromatic rings. The Morgan fingerprint density at radius 1 is 0.906 bits per heavy atom. The molecule has 0 atom stereocenters. The van der Waals surface area contributed by atoms with Gasteiger partial charge < -0.3 is 29.2 Å². The summed E-state index contributed by atoms with van der Waals surface area (Å²) in [7, 11) is 6.22. The van der Waals surface area contributed by atoms with E-state index in [1.807, 2.05) is 6.07 Å². The molecule has 0 spiro atoms. The minimum Gasteiger partial charge on any atom is -0.496 e. The molecule has 0 saturated heterocycles. The van der Waals surface area contributed by atoms with Crippen molar-refractivity contribution in [1.82, 2.24) is 10.3 Å². The van der Waals surface area contributed by atoms with E-state index in [-0.39, 0.29) is 11.5 Å². The summed E-state index contributed by atoms with van der Waals surface area (Å²) >= 11 is 0. The Balaban J connectivity index is 1.67. The molecule has 1 amide bonds. The molecule has 0 fully saturated rings. The lowest BCUT2D eigenvalue weighted by molar-refractivity contribution is -0.116. The molecular formula is C24H26N2O6. The van der Waals surface area contributed by atoms with Gasteiger partial charge in [0.15, 0.2) is 11.5 Å². The number of fused-ring (bicyclic) bond motifs is 1. The number of methoxy groups -OCH3 is 4. The Morgan fingerprint density at radius 3 is 2.25 bits per heavy atom. The van der Waals surface area contributed by atoms with E-state index in [1.54, 1.807) is 64.8 Å². The Bertz CT molecular complexity index is 1200. The molecule has 1 aromatic heterocycles. The zero-order valence-corrected chi connectivity index (χ0v) is 18.5. The fraction of sp³-hybridized carbons (Fsp3) is 0.250. The second kappa shape index (κ2) is 10.4. The number of carbonyl (C=O) groups is 1. The van der Waals surface area contributed by atoms with Gasteiger partial charge in [0.1, 0.15) is 11.5 Å². The summed E-state index contributed by atoms with van der Waals surface area (Å²) in [5, 5.41) is 3.53. The third-order valence-electron chi connectivity index (χ3n) is 4.98. The van der Waals surface area contributed by atoms with Crippen molar-refractivity contribution in [3.63, 3.8) is 0 Å². The highest BCUT2D eigenvalue weighted by Crippen LogP contribution is 2.31. The van der Waals surface area contributed by atoms with Gasteiger partial charge in [0.25, 0.3) is 5.56 Å². The second-order valence-electron chi connectivity index (χ2n) is 6.87.